The van der Waals surface area contributed by atoms with Crippen molar-refractivity contribution in [2.24, 2.45) is 5.73 Å². The van der Waals surface area contributed by atoms with E-state index in [9.17, 15) is 0 Å². The molecule has 2 N–H and O–H groups in total. The van der Waals surface area contributed by atoms with Gasteiger partial charge in [0.05, 0.1) is 0 Å². The van der Waals surface area contributed by atoms with Crippen LogP contribution in [0.15, 0.2) is 11.1 Å². The molecule has 0 saturated heterocycles. The second kappa shape index (κ2) is 1.69. The van der Waals surface area contributed by atoms with Crippen molar-refractivity contribution in [1.29, 1.82) is 0 Å². The topological polar surface area (TPSA) is 26.0 Å². The number of nitrogens with two attached hydrogens (primary N) is 1. The van der Waals surface area contributed by atoms with Gasteiger partial charge in [-0.25, -0.2) is 0 Å². The minimum absolute atomic E-state index is 0.365. The molecule has 2 heteroatoms. The summed E-state index contributed by atoms with van der Waals surface area (Å²) in [6.07, 6.45) is 1.04. The van der Waals surface area contributed by atoms with Crippen molar-refractivity contribution in [1.82, 2.24) is 0 Å². The van der Waals surface area contributed by atoms with Gasteiger partial charge in [-0.2, -0.15) is 0 Å². The average molecular weight is 129 g/mol. The molecule has 0 aliphatic carbocycles. The quantitative estimate of drug-likeness (QED) is 0.538. The average Bonchev–Trinajstić information content (AvgIpc) is 1.82. The van der Waals surface area contributed by atoms with Crippen LogP contribution in [0.2, 0.25) is 0 Å². The fraction of sp³-hybridized carbons (Fsp3) is 0.667. The molecule has 46 valence electrons. The molecule has 0 fully saturated rings. The Morgan fingerprint density at radius 1 is 1.75 bits per heavy atom. The van der Waals surface area contributed by atoms with E-state index in [1.54, 1.807) is 0 Å². The molecule has 0 unspecified atom stereocenters. The van der Waals surface area contributed by atoms with E-state index in [-0.39, 0.29) is 0 Å². The lowest BCUT2D eigenvalue weighted by Gasteiger charge is -2.13. The smallest absolute Gasteiger partial charge is 0.0200 e. The molecule has 0 spiro atoms. The number of thioether (sulfide) groups is 1. The summed E-state index contributed by atoms with van der Waals surface area (Å²) >= 11 is 1.82. The third-order valence-corrected chi connectivity index (χ3v) is 2.36. The first-order valence-corrected chi connectivity index (χ1v) is 3.60. The Morgan fingerprint density at radius 3 is 2.50 bits per heavy atom. The minimum Gasteiger partial charge on any atom is -0.402 e. The molecular weight excluding hydrogens is 118 g/mol. The zero-order valence-corrected chi connectivity index (χ0v) is 6.09. The van der Waals surface area contributed by atoms with Gasteiger partial charge in [-0.3, -0.25) is 0 Å². The first kappa shape index (κ1) is 6.02. The molecular formula is C6H11NS. The van der Waals surface area contributed by atoms with E-state index in [0.29, 0.717) is 4.75 Å². The Labute approximate surface area is 54.3 Å². The summed E-state index contributed by atoms with van der Waals surface area (Å²) < 4.78 is 0.365. The number of hydrogen-bond donors (Lipinski definition) is 1. The molecule has 0 aromatic heterocycles. The van der Waals surface area contributed by atoms with Gasteiger partial charge in [0, 0.05) is 16.9 Å². The maximum absolute atomic E-state index is 5.55. The van der Waals surface area contributed by atoms with E-state index in [0.717, 1.165) is 12.1 Å². The fourth-order valence-electron chi connectivity index (χ4n) is 0.810. The monoisotopic (exact) mass is 129 g/mol. The van der Waals surface area contributed by atoms with Gasteiger partial charge in [-0.05, 0) is 19.3 Å². The van der Waals surface area contributed by atoms with E-state index in [4.69, 9.17) is 5.73 Å². The van der Waals surface area contributed by atoms with Gasteiger partial charge in [-0.15, -0.1) is 11.8 Å². The lowest BCUT2D eigenvalue weighted by Crippen LogP contribution is -2.11. The van der Waals surface area contributed by atoms with Crippen LogP contribution in [0.5, 0.6) is 0 Å². The summed E-state index contributed by atoms with van der Waals surface area (Å²) in [5, 5.41) is 2.04. The number of hydrogen-bond acceptors (Lipinski definition) is 2. The van der Waals surface area contributed by atoms with Gasteiger partial charge in [0.2, 0.25) is 0 Å². The van der Waals surface area contributed by atoms with Gasteiger partial charge >= 0.3 is 0 Å². The molecule has 0 bridgehead atoms. The molecule has 0 atom stereocenters. The molecule has 1 aliphatic rings. The predicted molar refractivity (Wildman–Crippen MR) is 38.6 cm³/mol. The standard InChI is InChI=1S/C6H11NS/c1-6(2)3-5(7)4-8-6/h4H,3,7H2,1-2H3. The molecule has 1 aliphatic heterocycles. The molecule has 0 saturated carbocycles. The number of allylic oxidation sites excluding steroid dienone is 1. The first-order valence-electron chi connectivity index (χ1n) is 2.72. The lowest BCUT2D eigenvalue weighted by molar-refractivity contribution is 0.713. The van der Waals surface area contributed by atoms with Crippen LogP contribution < -0.4 is 5.73 Å². The summed E-state index contributed by atoms with van der Waals surface area (Å²) in [7, 11) is 0. The molecule has 1 nitrogen and oxygen atoms in total. The second-order valence-electron chi connectivity index (χ2n) is 2.75. The van der Waals surface area contributed by atoms with E-state index < -0.39 is 0 Å². The number of rotatable bonds is 0. The Hall–Kier alpha value is -0.110. The maximum atomic E-state index is 5.55. The van der Waals surface area contributed by atoms with Crippen molar-refractivity contribution in [2.45, 2.75) is 25.0 Å². The van der Waals surface area contributed by atoms with Gasteiger partial charge in [0.15, 0.2) is 0 Å². The highest BCUT2D eigenvalue weighted by Gasteiger charge is 2.23. The van der Waals surface area contributed by atoms with E-state index in [2.05, 4.69) is 13.8 Å². The summed E-state index contributed by atoms with van der Waals surface area (Å²) in [6.45, 7) is 4.40. The highest BCUT2D eigenvalue weighted by molar-refractivity contribution is 8.03. The highest BCUT2D eigenvalue weighted by Crippen LogP contribution is 2.37. The summed E-state index contributed by atoms with van der Waals surface area (Å²) in [5.74, 6) is 0. The predicted octanol–water partition coefficient (Wildman–Crippen LogP) is 1.70. The van der Waals surface area contributed by atoms with Gasteiger partial charge in [0.1, 0.15) is 0 Å². The van der Waals surface area contributed by atoms with E-state index in [1.165, 1.54) is 0 Å². The normalized spacial score (nSPS) is 25.5. The lowest BCUT2D eigenvalue weighted by atomic mass is 10.1. The van der Waals surface area contributed by atoms with Crippen LogP contribution in [0.3, 0.4) is 0 Å². The largest absolute Gasteiger partial charge is 0.402 e. The van der Waals surface area contributed by atoms with Gasteiger partial charge < -0.3 is 5.73 Å². The molecule has 0 aromatic carbocycles. The first-order chi connectivity index (χ1) is 3.60. The Bertz CT molecular complexity index is 126. The van der Waals surface area contributed by atoms with Crippen molar-refractivity contribution >= 4 is 11.8 Å². The van der Waals surface area contributed by atoms with Crippen molar-refractivity contribution < 1.29 is 0 Å². The minimum atomic E-state index is 0.365. The SMILES string of the molecule is CC1(C)CC(N)=CS1. The van der Waals surface area contributed by atoms with E-state index >= 15 is 0 Å². The molecule has 1 rings (SSSR count). The highest BCUT2D eigenvalue weighted by atomic mass is 32.2. The van der Waals surface area contributed by atoms with Crippen molar-refractivity contribution in [2.75, 3.05) is 0 Å². The summed E-state index contributed by atoms with van der Waals surface area (Å²) in [4.78, 5) is 0. The van der Waals surface area contributed by atoms with Crippen LogP contribution in [-0.2, 0) is 0 Å². The van der Waals surface area contributed by atoms with Crippen LogP contribution in [0.1, 0.15) is 20.3 Å². The zero-order chi connectivity index (χ0) is 6.20. The van der Waals surface area contributed by atoms with Gasteiger partial charge in [0.25, 0.3) is 0 Å². The van der Waals surface area contributed by atoms with E-state index in [1.807, 2.05) is 17.2 Å². The van der Waals surface area contributed by atoms with Gasteiger partial charge in [-0.1, -0.05) is 0 Å². The molecule has 0 aromatic rings. The molecule has 8 heavy (non-hydrogen) atoms. The Balaban J connectivity index is 2.55. The summed E-state index contributed by atoms with van der Waals surface area (Å²) in [6, 6.07) is 0. The second-order valence-corrected chi connectivity index (χ2v) is 4.32. The molecule has 0 amide bonds. The molecule has 1 heterocycles. The fourth-order valence-corrected chi connectivity index (χ4v) is 1.61. The van der Waals surface area contributed by atoms with Crippen LogP contribution >= 0.6 is 11.8 Å². The van der Waals surface area contributed by atoms with Crippen molar-refractivity contribution in [3.05, 3.63) is 11.1 Å². The van der Waals surface area contributed by atoms with Crippen LogP contribution in [0.4, 0.5) is 0 Å². The zero-order valence-electron chi connectivity index (χ0n) is 5.27. The van der Waals surface area contributed by atoms with Crippen molar-refractivity contribution in [3.8, 4) is 0 Å². The third-order valence-electron chi connectivity index (χ3n) is 1.16. The third kappa shape index (κ3) is 1.19. The Morgan fingerprint density at radius 2 is 2.38 bits per heavy atom. The summed E-state index contributed by atoms with van der Waals surface area (Å²) in [5.41, 5.74) is 6.58. The maximum Gasteiger partial charge on any atom is 0.0200 e. The van der Waals surface area contributed by atoms with Crippen LogP contribution in [0.25, 0.3) is 0 Å². The Kier molecular flexibility index (Phi) is 1.27. The molecule has 0 radical (unpaired) electrons. The van der Waals surface area contributed by atoms with Crippen molar-refractivity contribution in [3.63, 3.8) is 0 Å². The van der Waals surface area contributed by atoms with Crippen LogP contribution in [-0.4, -0.2) is 4.75 Å². The van der Waals surface area contributed by atoms with Crippen LogP contribution in [0, 0.1) is 0 Å².